The minimum absolute atomic E-state index is 0. The van der Waals surface area contributed by atoms with E-state index in [0.29, 0.717) is 18.9 Å². The lowest BCUT2D eigenvalue weighted by atomic mass is 9.91. The molecule has 1 saturated heterocycles. The van der Waals surface area contributed by atoms with Crippen LogP contribution in [0.15, 0.2) is 0 Å². The molecule has 0 aromatic heterocycles. The fourth-order valence-corrected chi connectivity index (χ4v) is 2.21. The molecule has 0 spiro atoms. The third-order valence-electron chi connectivity index (χ3n) is 3.40. The Hall–Kier alpha value is -0.320. The van der Waals surface area contributed by atoms with Gasteiger partial charge in [-0.05, 0) is 39.5 Å². The van der Waals surface area contributed by atoms with E-state index in [4.69, 9.17) is 10.5 Å². The molecule has 1 fully saturated rings. The first-order valence-corrected chi connectivity index (χ1v) is 6.65. The average Bonchev–Trinajstić information content (AvgIpc) is 2.28. The van der Waals surface area contributed by atoms with Crippen molar-refractivity contribution in [2.45, 2.75) is 52.2 Å². The molecule has 5 heteroatoms. The third kappa shape index (κ3) is 6.03. The quantitative estimate of drug-likeness (QED) is 0.834. The van der Waals surface area contributed by atoms with Gasteiger partial charge in [-0.25, -0.2) is 0 Å². The summed E-state index contributed by atoms with van der Waals surface area (Å²) in [6.07, 6.45) is 2.77. The second-order valence-electron chi connectivity index (χ2n) is 5.25. The monoisotopic (exact) mass is 278 g/mol. The van der Waals surface area contributed by atoms with Crippen LogP contribution in [-0.2, 0) is 9.53 Å². The maximum atomic E-state index is 11.9. The van der Waals surface area contributed by atoms with E-state index in [1.807, 2.05) is 18.7 Å². The zero-order chi connectivity index (χ0) is 12.8. The van der Waals surface area contributed by atoms with Gasteiger partial charge in [-0.1, -0.05) is 0 Å². The molecule has 1 unspecified atom stereocenters. The Kier molecular flexibility index (Phi) is 8.57. The molecular formula is C13H27ClN2O2. The number of halogens is 1. The van der Waals surface area contributed by atoms with Crippen LogP contribution in [-0.4, -0.2) is 42.6 Å². The van der Waals surface area contributed by atoms with E-state index in [1.54, 1.807) is 0 Å². The number of piperidine rings is 1. The zero-order valence-corrected chi connectivity index (χ0v) is 12.5. The van der Waals surface area contributed by atoms with E-state index >= 15 is 0 Å². The molecule has 2 N–H and O–H groups in total. The maximum absolute atomic E-state index is 11.9. The highest BCUT2D eigenvalue weighted by Gasteiger charge is 2.24. The van der Waals surface area contributed by atoms with Gasteiger partial charge >= 0.3 is 0 Å². The largest absolute Gasteiger partial charge is 0.378 e. The number of hydrogen-bond acceptors (Lipinski definition) is 3. The molecule has 0 saturated carbocycles. The fraction of sp³-hybridized carbons (Fsp3) is 0.923. The first-order valence-electron chi connectivity index (χ1n) is 6.65. The number of amides is 1. The van der Waals surface area contributed by atoms with Gasteiger partial charge in [0.1, 0.15) is 0 Å². The lowest BCUT2D eigenvalue weighted by molar-refractivity contribution is -0.134. The highest BCUT2D eigenvalue weighted by atomic mass is 35.5. The van der Waals surface area contributed by atoms with Gasteiger partial charge in [-0.15, -0.1) is 12.4 Å². The Morgan fingerprint density at radius 3 is 2.33 bits per heavy atom. The van der Waals surface area contributed by atoms with Gasteiger partial charge in [0.25, 0.3) is 0 Å². The Bertz CT molecular complexity index is 239. The maximum Gasteiger partial charge on any atom is 0.224 e. The summed E-state index contributed by atoms with van der Waals surface area (Å²) in [5.74, 6) is 0.791. The van der Waals surface area contributed by atoms with Crippen molar-refractivity contribution in [1.82, 2.24) is 4.90 Å². The normalized spacial score (nSPS) is 18.6. The molecule has 0 radical (unpaired) electrons. The molecule has 0 aromatic rings. The van der Waals surface area contributed by atoms with E-state index < -0.39 is 0 Å². The number of carbonyl (C=O) groups is 1. The van der Waals surface area contributed by atoms with Gasteiger partial charge in [0.2, 0.25) is 5.91 Å². The molecule has 1 amide bonds. The first-order chi connectivity index (χ1) is 8.00. The van der Waals surface area contributed by atoms with Crippen LogP contribution >= 0.6 is 12.4 Å². The Balaban J connectivity index is 0.00000289. The molecule has 108 valence electrons. The number of nitrogens with zero attached hydrogens (tertiary/aromatic N) is 1. The van der Waals surface area contributed by atoms with Crippen molar-refractivity contribution >= 4 is 18.3 Å². The summed E-state index contributed by atoms with van der Waals surface area (Å²) in [5.41, 5.74) is 5.88. The van der Waals surface area contributed by atoms with Crippen LogP contribution in [0.1, 0.15) is 40.0 Å². The van der Waals surface area contributed by atoms with E-state index in [2.05, 4.69) is 6.92 Å². The second kappa shape index (κ2) is 8.73. The number of hydrogen-bond donors (Lipinski definition) is 1. The third-order valence-corrected chi connectivity index (χ3v) is 3.40. The molecule has 1 aliphatic rings. The van der Waals surface area contributed by atoms with Crippen LogP contribution in [0, 0.1) is 5.92 Å². The predicted octanol–water partition coefficient (Wildman–Crippen LogP) is 1.81. The van der Waals surface area contributed by atoms with Gasteiger partial charge in [-0.2, -0.15) is 0 Å². The molecule has 0 aromatic carbocycles. The van der Waals surface area contributed by atoms with Crippen molar-refractivity contribution in [1.29, 1.82) is 0 Å². The minimum Gasteiger partial charge on any atom is -0.378 e. The SMILES string of the molecule is CC(C)OCCC(=O)N1CCC(C(C)N)CC1.Cl. The van der Waals surface area contributed by atoms with Crippen molar-refractivity contribution in [2.24, 2.45) is 11.7 Å². The summed E-state index contributed by atoms with van der Waals surface area (Å²) in [5, 5.41) is 0. The molecule has 4 nitrogen and oxygen atoms in total. The van der Waals surface area contributed by atoms with Gasteiger partial charge in [0.15, 0.2) is 0 Å². The van der Waals surface area contributed by atoms with Crippen molar-refractivity contribution in [3.63, 3.8) is 0 Å². The standard InChI is InChI=1S/C13H26N2O2.ClH/c1-10(2)17-9-6-13(16)15-7-4-12(5-8-15)11(3)14;/h10-12H,4-9,14H2,1-3H3;1H. The average molecular weight is 279 g/mol. The van der Waals surface area contributed by atoms with Crippen molar-refractivity contribution in [3.8, 4) is 0 Å². The van der Waals surface area contributed by atoms with Crippen LogP contribution < -0.4 is 5.73 Å². The summed E-state index contributed by atoms with van der Waals surface area (Å²) in [6, 6.07) is 0.247. The summed E-state index contributed by atoms with van der Waals surface area (Å²) in [6.45, 7) is 8.26. The van der Waals surface area contributed by atoms with Crippen molar-refractivity contribution < 1.29 is 9.53 Å². The second-order valence-corrected chi connectivity index (χ2v) is 5.25. The van der Waals surface area contributed by atoms with E-state index in [1.165, 1.54) is 0 Å². The smallest absolute Gasteiger partial charge is 0.224 e. The Labute approximate surface area is 117 Å². The number of ether oxygens (including phenoxy) is 1. The van der Waals surface area contributed by atoms with Gasteiger partial charge in [0, 0.05) is 19.1 Å². The minimum atomic E-state index is 0. The van der Waals surface area contributed by atoms with E-state index in [0.717, 1.165) is 25.9 Å². The molecule has 0 aliphatic carbocycles. The Morgan fingerprint density at radius 1 is 1.33 bits per heavy atom. The van der Waals surface area contributed by atoms with Gasteiger partial charge in [-0.3, -0.25) is 4.79 Å². The van der Waals surface area contributed by atoms with Crippen LogP contribution in [0.2, 0.25) is 0 Å². The highest BCUT2D eigenvalue weighted by molar-refractivity contribution is 5.85. The molecule has 1 aliphatic heterocycles. The fourth-order valence-electron chi connectivity index (χ4n) is 2.21. The Morgan fingerprint density at radius 2 is 1.89 bits per heavy atom. The summed E-state index contributed by atoms with van der Waals surface area (Å²) < 4.78 is 5.40. The molecule has 1 rings (SSSR count). The molecular weight excluding hydrogens is 252 g/mol. The molecule has 18 heavy (non-hydrogen) atoms. The van der Waals surface area contributed by atoms with E-state index in [-0.39, 0.29) is 30.5 Å². The first kappa shape index (κ1) is 17.7. The number of nitrogens with two attached hydrogens (primary N) is 1. The predicted molar refractivity (Wildman–Crippen MR) is 75.9 cm³/mol. The van der Waals surface area contributed by atoms with Crippen LogP contribution in [0.5, 0.6) is 0 Å². The van der Waals surface area contributed by atoms with Crippen molar-refractivity contribution in [3.05, 3.63) is 0 Å². The number of carbonyl (C=O) groups excluding carboxylic acids is 1. The van der Waals surface area contributed by atoms with E-state index in [9.17, 15) is 4.79 Å². The van der Waals surface area contributed by atoms with Crippen LogP contribution in [0.25, 0.3) is 0 Å². The molecule has 0 bridgehead atoms. The molecule has 1 heterocycles. The topological polar surface area (TPSA) is 55.6 Å². The summed E-state index contributed by atoms with van der Waals surface area (Å²) in [4.78, 5) is 13.8. The van der Waals surface area contributed by atoms with Crippen molar-refractivity contribution in [2.75, 3.05) is 19.7 Å². The lowest BCUT2D eigenvalue weighted by Gasteiger charge is -2.33. The van der Waals surface area contributed by atoms with Gasteiger partial charge < -0.3 is 15.4 Å². The zero-order valence-electron chi connectivity index (χ0n) is 11.7. The van der Waals surface area contributed by atoms with Gasteiger partial charge in [0.05, 0.1) is 19.1 Å². The number of likely N-dealkylation sites (tertiary alicyclic amines) is 1. The highest BCUT2D eigenvalue weighted by Crippen LogP contribution is 2.19. The van der Waals surface area contributed by atoms with Crippen LogP contribution in [0.3, 0.4) is 0 Å². The lowest BCUT2D eigenvalue weighted by Crippen LogP contribution is -2.42. The van der Waals surface area contributed by atoms with Crippen LogP contribution in [0.4, 0.5) is 0 Å². The number of rotatable bonds is 5. The summed E-state index contributed by atoms with van der Waals surface area (Å²) >= 11 is 0. The molecule has 1 atom stereocenters. The summed E-state index contributed by atoms with van der Waals surface area (Å²) in [7, 11) is 0.